The molecule has 2 rings (SSSR count). The zero-order chi connectivity index (χ0) is 20.4. The molecule has 0 aromatic heterocycles. The first-order valence-electron chi connectivity index (χ1n) is 10.1. The number of rotatable bonds is 10. The maximum atomic E-state index is 12.5. The van der Waals surface area contributed by atoms with Gasteiger partial charge in [-0.1, -0.05) is 12.1 Å². The van der Waals surface area contributed by atoms with E-state index in [4.69, 9.17) is 9.47 Å². The molecule has 1 heterocycles. The number of methoxy groups -OCH3 is 1. The summed E-state index contributed by atoms with van der Waals surface area (Å²) in [6.07, 6.45) is 2.28. The van der Waals surface area contributed by atoms with E-state index in [2.05, 4.69) is 16.0 Å². The van der Waals surface area contributed by atoms with Crippen molar-refractivity contribution in [3.63, 3.8) is 0 Å². The van der Waals surface area contributed by atoms with Gasteiger partial charge in [0.05, 0.1) is 12.6 Å². The Bertz CT molecular complexity index is 627. The summed E-state index contributed by atoms with van der Waals surface area (Å²) < 4.78 is 10.9. The van der Waals surface area contributed by atoms with Gasteiger partial charge in [0.15, 0.2) is 0 Å². The third kappa shape index (κ3) is 6.21. The summed E-state index contributed by atoms with van der Waals surface area (Å²) in [5.74, 6) is 0.710. The van der Waals surface area contributed by atoms with Crippen molar-refractivity contribution < 1.29 is 19.1 Å². The Morgan fingerprint density at radius 3 is 2.50 bits per heavy atom. The normalized spacial score (nSPS) is 16.8. The minimum absolute atomic E-state index is 0.0287. The largest absolute Gasteiger partial charge is 0.494 e. The Hall–Kier alpha value is -2.12. The molecule has 1 aliphatic heterocycles. The van der Waals surface area contributed by atoms with Crippen LogP contribution in [0.25, 0.3) is 0 Å². The molecule has 156 valence electrons. The number of benzene rings is 1. The van der Waals surface area contributed by atoms with Gasteiger partial charge in [0.25, 0.3) is 5.91 Å². The summed E-state index contributed by atoms with van der Waals surface area (Å²) in [7, 11) is 1.58. The Morgan fingerprint density at radius 2 is 1.89 bits per heavy atom. The number of nitrogens with one attached hydrogen (secondary N) is 3. The lowest BCUT2D eigenvalue weighted by molar-refractivity contribution is -0.146. The molecule has 1 aliphatic rings. The van der Waals surface area contributed by atoms with Crippen LogP contribution in [0.5, 0.6) is 5.75 Å². The van der Waals surface area contributed by atoms with Gasteiger partial charge in [0.1, 0.15) is 11.4 Å². The second-order valence-corrected chi connectivity index (χ2v) is 7.10. The fourth-order valence-electron chi connectivity index (χ4n) is 3.38. The first kappa shape index (κ1) is 22.2. The molecule has 1 aromatic rings. The van der Waals surface area contributed by atoms with Crippen molar-refractivity contribution >= 4 is 11.8 Å². The van der Waals surface area contributed by atoms with E-state index in [9.17, 15) is 9.59 Å². The summed E-state index contributed by atoms with van der Waals surface area (Å²) in [6, 6.07) is 7.65. The van der Waals surface area contributed by atoms with Crippen molar-refractivity contribution in [3.05, 3.63) is 29.8 Å². The van der Waals surface area contributed by atoms with Gasteiger partial charge in [-0.3, -0.25) is 9.59 Å². The smallest absolute Gasteiger partial charge is 0.252 e. The van der Waals surface area contributed by atoms with Gasteiger partial charge >= 0.3 is 0 Å². The van der Waals surface area contributed by atoms with Crippen LogP contribution in [0.3, 0.4) is 0 Å². The number of amides is 2. The third-order valence-corrected chi connectivity index (χ3v) is 5.15. The minimum Gasteiger partial charge on any atom is -0.494 e. The average Bonchev–Trinajstić information content (AvgIpc) is 2.72. The summed E-state index contributed by atoms with van der Waals surface area (Å²) in [5, 5.41) is 9.14. The number of piperidine rings is 1. The van der Waals surface area contributed by atoms with Gasteiger partial charge in [-0.15, -0.1) is 0 Å². The predicted octanol–water partition coefficient (Wildman–Crippen LogP) is 1.93. The van der Waals surface area contributed by atoms with Crippen LogP contribution in [0.1, 0.15) is 51.1 Å². The van der Waals surface area contributed by atoms with Crippen LogP contribution in [0.15, 0.2) is 24.3 Å². The zero-order valence-corrected chi connectivity index (χ0v) is 17.2. The summed E-state index contributed by atoms with van der Waals surface area (Å²) in [4.78, 5) is 24.6. The van der Waals surface area contributed by atoms with Crippen molar-refractivity contribution in [2.45, 2.75) is 51.2 Å². The molecule has 0 bridgehead atoms. The number of carbonyl (C=O) groups excluding carboxylic acids is 2. The van der Waals surface area contributed by atoms with Gasteiger partial charge in [-0.05, 0) is 63.9 Å². The number of hydrogen-bond acceptors (Lipinski definition) is 5. The third-order valence-electron chi connectivity index (χ3n) is 5.15. The first-order valence-corrected chi connectivity index (χ1v) is 10.1. The number of carbonyl (C=O) groups is 2. The highest BCUT2D eigenvalue weighted by atomic mass is 16.5. The molecule has 3 N–H and O–H groups in total. The van der Waals surface area contributed by atoms with Gasteiger partial charge in [-0.2, -0.15) is 0 Å². The van der Waals surface area contributed by atoms with Gasteiger partial charge < -0.3 is 25.4 Å². The summed E-state index contributed by atoms with van der Waals surface area (Å²) in [6.45, 7) is 6.53. The zero-order valence-electron chi connectivity index (χ0n) is 17.2. The predicted molar refractivity (Wildman–Crippen MR) is 108 cm³/mol. The maximum Gasteiger partial charge on any atom is 0.252 e. The number of hydrogen-bond donors (Lipinski definition) is 3. The first-order chi connectivity index (χ1) is 13.5. The Morgan fingerprint density at radius 1 is 1.21 bits per heavy atom. The van der Waals surface area contributed by atoms with Crippen molar-refractivity contribution in [2.24, 2.45) is 0 Å². The van der Waals surface area contributed by atoms with E-state index in [1.54, 1.807) is 7.11 Å². The van der Waals surface area contributed by atoms with Crippen LogP contribution in [0.4, 0.5) is 0 Å². The van der Waals surface area contributed by atoms with E-state index >= 15 is 0 Å². The van der Waals surface area contributed by atoms with Crippen molar-refractivity contribution in [3.8, 4) is 5.75 Å². The Balaban J connectivity index is 1.69. The van der Waals surface area contributed by atoms with Gasteiger partial charge in [0, 0.05) is 20.1 Å². The van der Waals surface area contributed by atoms with Crippen LogP contribution in [-0.2, 0) is 14.3 Å². The summed E-state index contributed by atoms with van der Waals surface area (Å²) >= 11 is 0. The Kier molecular flexibility index (Phi) is 8.73. The fraction of sp³-hybridized carbons (Fsp3) is 0.619. The molecule has 7 heteroatoms. The van der Waals surface area contributed by atoms with Crippen LogP contribution in [0, 0.1) is 0 Å². The van der Waals surface area contributed by atoms with Gasteiger partial charge in [-0.25, -0.2) is 0 Å². The van der Waals surface area contributed by atoms with E-state index in [0.717, 1.165) is 24.4 Å². The molecular weight excluding hydrogens is 358 g/mol. The van der Waals surface area contributed by atoms with Crippen molar-refractivity contribution in [2.75, 3.05) is 33.4 Å². The van der Waals surface area contributed by atoms with Crippen LogP contribution >= 0.6 is 0 Å². The minimum atomic E-state index is -0.740. The highest BCUT2D eigenvalue weighted by molar-refractivity contribution is 5.85. The van der Waals surface area contributed by atoms with E-state index < -0.39 is 5.60 Å². The molecule has 0 spiro atoms. The van der Waals surface area contributed by atoms with Gasteiger partial charge in [0.2, 0.25) is 5.91 Å². The number of ether oxygens (including phenoxy) is 2. The maximum absolute atomic E-state index is 12.5. The molecule has 0 saturated carbocycles. The molecular formula is C21H33N3O4. The Labute approximate surface area is 167 Å². The summed E-state index contributed by atoms with van der Waals surface area (Å²) in [5.41, 5.74) is 0.286. The SMILES string of the molecule is CCOc1ccc(C(C)NC(=O)CCCNC(=O)C2(OC)CCNCC2)cc1. The van der Waals surface area contributed by atoms with E-state index in [0.29, 0.717) is 38.8 Å². The van der Waals surface area contributed by atoms with Crippen LogP contribution in [0.2, 0.25) is 0 Å². The van der Waals surface area contributed by atoms with Crippen LogP contribution in [-0.4, -0.2) is 50.8 Å². The lowest BCUT2D eigenvalue weighted by atomic mass is 9.91. The van der Waals surface area contributed by atoms with E-state index in [1.165, 1.54) is 0 Å². The highest BCUT2D eigenvalue weighted by Gasteiger charge is 2.39. The molecule has 7 nitrogen and oxygen atoms in total. The van der Waals surface area contributed by atoms with Crippen LogP contribution < -0.4 is 20.7 Å². The molecule has 1 aromatic carbocycles. The highest BCUT2D eigenvalue weighted by Crippen LogP contribution is 2.22. The molecule has 1 saturated heterocycles. The van der Waals surface area contributed by atoms with Crippen molar-refractivity contribution in [1.29, 1.82) is 0 Å². The molecule has 28 heavy (non-hydrogen) atoms. The lowest BCUT2D eigenvalue weighted by Gasteiger charge is -2.34. The lowest BCUT2D eigenvalue weighted by Crippen LogP contribution is -2.54. The molecule has 0 aliphatic carbocycles. The molecule has 1 fully saturated rings. The molecule has 2 amide bonds. The second kappa shape index (κ2) is 11.0. The van der Waals surface area contributed by atoms with E-state index in [-0.39, 0.29) is 17.9 Å². The fourth-order valence-corrected chi connectivity index (χ4v) is 3.38. The second-order valence-electron chi connectivity index (χ2n) is 7.10. The molecule has 1 unspecified atom stereocenters. The van der Waals surface area contributed by atoms with E-state index in [1.807, 2.05) is 38.1 Å². The topological polar surface area (TPSA) is 88.7 Å². The average molecular weight is 392 g/mol. The molecule has 1 atom stereocenters. The monoisotopic (exact) mass is 391 g/mol. The standard InChI is InChI=1S/C21H33N3O4/c1-4-28-18-9-7-17(8-10-18)16(2)24-19(25)6-5-13-23-20(26)21(27-3)11-14-22-15-12-21/h7-10,16,22H,4-6,11-15H2,1-3H3,(H,23,26)(H,24,25). The van der Waals surface area contributed by atoms with Crippen molar-refractivity contribution in [1.82, 2.24) is 16.0 Å². The quantitative estimate of drug-likeness (QED) is 0.531. The molecule has 0 radical (unpaired) electrons.